The van der Waals surface area contributed by atoms with Crippen LogP contribution in [0, 0.1) is 0 Å². The number of rotatable bonds is 3. The third-order valence-corrected chi connectivity index (χ3v) is 9.72. The summed E-state index contributed by atoms with van der Waals surface area (Å²) in [6.45, 7) is 0.314. The fourth-order valence-electron chi connectivity index (χ4n) is 1.85. The first-order chi connectivity index (χ1) is 12.9. The molecule has 0 spiro atoms. The molecule has 0 amide bonds. The van der Waals surface area contributed by atoms with Crippen molar-refractivity contribution >= 4 is 56.0 Å². The fourth-order valence-corrected chi connectivity index (χ4v) is 10.9. The number of esters is 1. The summed E-state index contributed by atoms with van der Waals surface area (Å²) in [7, 11) is -3.62. The van der Waals surface area contributed by atoms with Crippen molar-refractivity contribution in [3.63, 3.8) is 0 Å². The van der Waals surface area contributed by atoms with Crippen LogP contribution in [0.15, 0.2) is 60.7 Å². The Kier molecular flexibility index (Phi) is 11.3. The number of hydrogen-bond acceptors (Lipinski definition) is 7. The van der Waals surface area contributed by atoms with Crippen LogP contribution in [0.1, 0.15) is 15.9 Å². The van der Waals surface area contributed by atoms with Gasteiger partial charge in [0.2, 0.25) is 0 Å². The van der Waals surface area contributed by atoms with Crippen LogP contribution < -0.4 is 0 Å². The highest BCUT2D eigenvalue weighted by Gasteiger charge is 2.05. The van der Waals surface area contributed by atoms with Crippen molar-refractivity contribution < 1.29 is 30.1 Å². The molecule has 1 fully saturated rings. The molecule has 1 saturated heterocycles. The zero-order valence-corrected chi connectivity index (χ0v) is 21.4. The first kappa shape index (κ1) is 21.1. The van der Waals surface area contributed by atoms with Gasteiger partial charge in [-0.25, -0.2) is 4.79 Å². The van der Waals surface area contributed by atoms with Crippen molar-refractivity contribution in [2.75, 3.05) is 0 Å². The van der Waals surface area contributed by atoms with E-state index >= 15 is 0 Å². The molecule has 0 aliphatic carbocycles. The van der Waals surface area contributed by atoms with Gasteiger partial charge in [-0.05, 0) is 17.7 Å². The molecule has 0 saturated carbocycles. The molecule has 140 valence electrons. The van der Waals surface area contributed by atoms with E-state index in [-0.39, 0.29) is 5.97 Å². The molecule has 2 aromatic carbocycles. The lowest BCUT2D eigenvalue weighted by molar-refractivity contribution is 0.0472. The highest BCUT2D eigenvalue weighted by atomic mass is 28.4. The number of carbonyl (C=O) groups excluding carboxylic acids is 1. The van der Waals surface area contributed by atoms with Crippen LogP contribution in [0.4, 0.5) is 0 Å². The predicted molar refractivity (Wildman–Crippen MR) is 110 cm³/mol. The lowest BCUT2D eigenvalue weighted by Crippen LogP contribution is -2.23. The molecule has 3 rings (SSSR count). The molecule has 1 heterocycles. The zero-order chi connectivity index (χ0) is 18.3. The van der Waals surface area contributed by atoms with Gasteiger partial charge in [-0.1, -0.05) is 48.5 Å². The van der Waals surface area contributed by atoms with Crippen molar-refractivity contribution in [3.8, 4) is 0 Å². The summed E-state index contributed by atoms with van der Waals surface area (Å²) in [6, 6.07) is 18.6. The molecule has 12 heteroatoms. The summed E-state index contributed by atoms with van der Waals surface area (Å²) in [6.07, 6.45) is 0. The molecule has 1 aliphatic rings. The topological polar surface area (TPSA) is 72.5 Å². The van der Waals surface area contributed by atoms with Crippen molar-refractivity contribution in [3.05, 3.63) is 71.8 Å². The Morgan fingerprint density at radius 2 is 1.12 bits per heavy atom. The van der Waals surface area contributed by atoms with Gasteiger partial charge in [0, 0.05) is 0 Å². The van der Waals surface area contributed by atoms with Crippen molar-refractivity contribution in [1.29, 1.82) is 0 Å². The minimum absolute atomic E-state index is 0.288. The van der Waals surface area contributed by atoms with E-state index in [1.807, 2.05) is 48.5 Å². The average molecular weight is 443 g/mol. The standard InChI is InChI=1S/C14H12O2.H10O5Si5/c15-14(13-9-5-2-6-10-13)16-11-12-7-3-1-4-8-12;1-6-2-8-4-10-5-9-3-7-1/h1-10H,11H2;6-10H2. The highest BCUT2D eigenvalue weighted by molar-refractivity contribution is 6.50. The molecule has 0 aromatic heterocycles. The quantitative estimate of drug-likeness (QED) is 0.407. The van der Waals surface area contributed by atoms with Gasteiger partial charge >= 0.3 is 5.97 Å². The minimum Gasteiger partial charge on any atom is -0.457 e. The predicted octanol–water partition coefficient (Wildman–Crippen LogP) is -1.88. The van der Waals surface area contributed by atoms with Crippen LogP contribution in [0.2, 0.25) is 0 Å². The zero-order valence-electron chi connectivity index (χ0n) is 14.4. The van der Waals surface area contributed by atoms with Crippen molar-refractivity contribution in [1.82, 2.24) is 0 Å². The number of hydrogen-bond donors (Lipinski definition) is 0. The van der Waals surface area contributed by atoms with Gasteiger partial charge in [-0.2, -0.15) is 0 Å². The molecule has 26 heavy (non-hydrogen) atoms. The molecule has 0 N–H and O–H groups in total. The maximum Gasteiger partial charge on any atom is 0.338 e. The van der Waals surface area contributed by atoms with Gasteiger partial charge < -0.3 is 25.3 Å². The SMILES string of the molecule is O1[SiH2]O[SiH2]O[SiH2]O[SiH2]O[SiH2]1.O=C(OCc1ccccc1)c1ccccc1. The van der Waals surface area contributed by atoms with Crippen LogP contribution in [-0.4, -0.2) is 56.0 Å². The molecule has 0 unspecified atom stereocenters. The van der Waals surface area contributed by atoms with Crippen LogP contribution in [0.3, 0.4) is 0 Å². The molecule has 2 aromatic rings. The monoisotopic (exact) mass is 442 g/mol. The maximum atomic E-state index is 11.6. The smallest absolute Gasteiger partial charge is 0.338 e. The maximum absolute atomic E-state index is 11.6. The molecule has 7 nitrogen and oxygen atoms in total. The van der Waals surface area contributed by atoms with E-state index in [0.717, 1.165) is 5.56 Å². The molecular formula is C14H22O7Si5. The molecule has 0 atom stereocenters. The second kappa shape index (κ2) is 13.9. The van der Waals surface area contributed by atoms with Crippen LogP contribution in [0.5, 0.6) is 0 Å². The van der Waals surface area contributed by atoms with E-state index in [2.05, 4.69) is 0 Å². The second-order valence-electron chi connectivity index (χ2n) is 5.04. The van der Waals surface area contributed by atoms with E-state index in [1.54, 1.807) is 12.1 Å². The summed E-state index contributed by atoms with van der Waals surface area (Å²) >= 11 is 0. The summed E-state index contributed by atoms with van der Waals surface area (Å²) in [5.74, 6) is -0.288. The van der Waals surface area contributed by atoms with Gasteiger partial charge in [0.15, 0.2) is 0 Å². The Morgan fingerprint density at radius 1 is 0.692 bits per heavy atom. The third-order valence-electron chi connectivity index (χ3n) is 3.06. The Hall–Kier alpha value is -1.21. The van der Waals surface area contributed by atoms with Gasteiger partial charge in [0.25, 0.3) is 50.0 Å². The van der Waals surface area contributed by atoms with Gasteiger partial charge in [0.05, 0.1) is 5.56 Å². The lowest BCUT2D eigenvalue weighted by atomic mass is 10.2. The van der Waals surface area contributed by atoms with Crippen molar-refractivity contribution in [2.24, 2.45) is 0 Å². The largest absolute Gasteiger partial charge is 0.457 e. The number of ether oxygens (including phenoxy) is 1. The average Bonchev–Trinajstić information content (AvgIpc) is 2.72. The number of benzene rings is 2. The van der Waals surface area contributed by atoms with Crippen LogP contribution in [0.25, 0.3) is 0 Å². The van der Waals surface area contributed by atoms with Gasteiger partial charge in [-0.15, -0.1) is 0 Å². The van der Waals surface area contributed by atoms with E-state index in [1.165, 1.54) is 0 Å². The van der Waals surface area contributed by atoms with E-state index in [9.17, 15) is 4.79 Å². The van der Waals surface area contributed by atoms with Crippen LogP contribution in [-0.2, 0) is 31.9 Å². The Labute approximate surface area is 164 Å². The summed E-state index contributed by atoms with van der Waals surface area (Å²) < 4.78 is 31.0. The summed E-state index contributed by atoms with van der Waals surface area (Å²) in [5, 5.41) is 0. The highest BCUT2D eigenvalue weighted by Crippen LogP contribution is 2.05. The first-order valence-electron chi connectivity index (χ1n) is 8.01. The molecule has 1 aliphatic heterocycles. The second-order valence-corrected chi connectivity index (χ2v) is 14.4. The minimum atomic E-state index is -0.724. The fraction of sp³-hybridized carbons (Fsp3) is 0.0714. The summed E-state index contributed by atoms with van der Waals surface area (Å²) in [5.41, 5.74) is 1.57. The molecule has 0 radical (unpaired) electrons. The molecular weight excluding hydrogens is 421 g/mol. The lowest BCUT2D eigenvalue weighted by Gasteiger charge is -2.10. The Morgan fingerprint density at radius 3 is 1.58 bits per heavy atom. The van der Waals surface area contributed by atoms with E-state index < -0.39 is 50.0 Å². The Bertz CT molecular complexity index is 586. The normalized spacial score (nSPS) is 19.8. The summed E-state index contributed by atoms with van der Waals surface area (Å²) in [4.78, 5) is 11.6. The first-order valence-corrected chi connectivity index (χ1v) is 13.8. The van der Waals surface area contributed by atoms with Crippen LogP contribution >= 0.6 is 0 Å². The van der Waals surface area contributed by atoms with Crippen molar-refractivity contribution in [2.45, 2.75) is 6.61 Å². The third kappa shape index (κ3) is 9.48. The van der Waals surface area contributed by atoms with Gasteiger partial charge in [0.1, 0.15) is 6.61 Å². The number of carbonyl (C=O) groups is 1. The van der Waals surface area contributed by atoms with E-state index in [0.29, 0.717) is 12.2 Å². The Balaban J connectivity index is 0.000000209. The van der Waals surface area contributed by atoms with E-state index in [4.69, 9.17) is 25.3 Å². The van der Waals surface area contributed by atoms with Gasteiger partial charge in [-0.3, -0.25) is 0 Å². The molecule has 0 bridgehead atoms.